The predicted molar refractivity (Wildman–Crippen MR) is 110 cm³/mol. The first kappa shape index (κ1) is 23.8. The van der Waals surface area contributed by atoms with Gasteiger partial charge < -0.3 is 4.57 Å². The van der Waals surface area contributed by atoms with Crippen molar-refractivity contribution in [3.63, 3.8) is 0 Å². The van der Waals surface area contributed by atoms with Gasteiger partial charge in [0.05, 0.1) is 4.90 Å². The average molecular weight is 411 g/mol. The van der Waals surface area contributed by atoms with Gasteiger partial charge in [-0.1, -0.05) is 44.1 Å². The van der Waals surface area contributed by atoms with Crippen LogP contribution in [0, 0.1) is 0 Å². The van der Waals surface area contributed by atoms with Crippen molar-refractivity contribution < 1.29 is 17.2 Å². The molecule has 0 aliphatic heterocycles. The number of halogens is 2. The van der Waals surface area contributed by atoms with Crippen LogP contribution < -0.4 is 0 Å². The van der Waals surface area contributed by atoms with Crippen molar-refractivity contribution in [1.82, 2.24) is 9.55 Å². The standard InChI is InChI=1S/C18H20F2N2O2S.C3H8/c1-4-5-13(2)6-11-17-21-16(18(19)20)12-22(17)14-7-9-15(10-8-14)25(3,23)24;1-3-2/h4-10,12,18H,11H2,1-3H3;3H2,1-2H3/b5-4-,13-6-;. The van der Waals surface area contributed by atoms with Crippen molar-refractivity contribution in [2.75, 3.05) is 6.26 Å². The van der Waals surface area contributed by atoms with Crippen LogP contribution in [0.25, 0.3) is 5.69 Å². The van der Waals surface area contributed by atoms with Crippen LogP contribution in [0.15, 0.2) is 59.2 Å². The van der Waals surface area contributed by atoms with Crippen molar-refractivity contribution in [2.24, 2.45) is 0 Å². The highest BCUT2D eigenvalue weighted by Crippen LogP contribution is 2.22. The Morgan fingerprint density at radius 3 is 2.25 bits per heavy atom. The molecule has 0 spiro atoms. The maximum absolute atomic E-state index is 13.0. The SMILES string of the molecule is C/C=C\C(C)=C/Cc1nc(C(F)F)cn1-c1ccc(S(C)(=O)=O)cc1.CCC. The maximum Gasteiger partial charge on any atom is 0.281 e. The molecule has 2 rings (SSSR count). The number of alkyl halides is 2. The molecule has 0 aliphatic carbocycles. The number of sulfone groups is 1. The lowest BCUT2D eigenvalue weighted by Gasteiger charge is -2.07. The number of hydrogen-bond acceptors (Lipinski definition) is 3. The first-order valence-corrected chi connectivity index (χ1v) is 11.0. The van der Waals surface area contributed by atoms with Crippen molar-refractivity contribution >= 4 is 9.84 Å². The molecule has 0 aliphatic rings. The summed E-state index contributed by atoms with van der Waals surface area (Å²) in [6, 6.07) is 6.08. The van der Waals surface area contributed by atoms with E-state index in [1.807, 2.05) is 32.1 Å². The van der Waals surface area contributed by atoms with Crippen LogP contribution in [0.1, 0.15) is 52.1 Å². The van der Waals surface area contributed by atoms with Crippen molar-refractivity contribution in [2.45, 2.75) is 51.9 Å². The minimum atomic E-state index is -3.31. The lowest BCUT2D eigenvalue weighted by Crippen LogP contribution is -2.01. The van der Waals surface area contributed by atoms with Gasteiger partial charge >= 0.3 is 0 Å². The van der Waals surface area contributed by atoms with Crippen LogP contribution in [0.3, 0.4) is 0 Å². The molecule has 0 unspecified atom stereocenters. The van der Waals surface area contributed by atoms with E-state index in [1.54, 1.807) is 16.7 Å². The third-order valence-electron chi connectivity index (χ3n) is 3.60. The highest BCUT2D eigenvalue weighted by atomic mass is 32.2. The number of imidazole rings is 1. The molecular weight excluding hydrogens is 382 g/mol. The highest BCUT2D eigenvalue weighted by Gasteiger charge is 2.16. The largest absolute Gasteiger partial charge is 0.303 e. The Hall–Kier alpha value is -2.28. The van der Waals surface area contributed by atoms with E-state index in [1.165, 1.54) is 24.8 Å². The lowest BCUT2D eigenvalue weighted by molar-refractivity contribution is 0.146. The quantitative estimate of drug-likeness (QED) is 0.575. The molecule has 4 nitrogen and oxygen atoms in total. The molecule has 0 radical (unpaired) electrons. The van der Waals surface area contributed by atoms with Gasteiger partial charge in [-0.15, -0.1) is 0 Å². The molecule has 28 heavy (non-hydrogen) atoms. The number of allylic oxidation sites excluding steroid dienone is 4. The van der Waals surface area contributed by atoms with E-state index in [4.69, 9.17) is 0 Å². The third-order valence-corrected chi connectivity index (χ3v) is 4.73. The van der Waals surface area contributed by atoms with Crippen LogP contribution in [0.4, 0.5) is 8.78 Å². The van der Waals surface area contributed by atoms with Crippen LogP contribution in [0.5, 0.6) is 0 Å². The number of aromatic nitrogens is 2. The molecule has 0 amide bonds. The summed E-state index contributed by atoms with van der Waals surface area (Å²) in [5.41, 5.74) is 1.28. The van der Waals surface area contributed by atoms with Crippen LogP contribution >= 0.6 is 0 Å². The van der Waals surface area contributed by atoms with E-state index in [-0.39, 0.29) is 10.6 Å². The average Bonchev–Trinajstić information content (AvgIpc) is 3.05. The van der Waals surface area contributed by atoms with Gasteiger partial charge in [-0.25, -0.2) is 22.2 Å². The number of nitrogens with zero attached hydrogens (tertiary/aromatic N) is 2. The maximum atomic E-state index is 13.0. The van der Waals surface area contributed by atoms with Gasteiger partial charge in [0.1, 0.15) is 11.5 Å². The lowest BCUT2D eigenvalue weighted by atomic mass is 10.2. The second-order valence-corrected chi connectivity index (χ2v) is 8.39. The predicted octanol–water partition coefficient (Wildman–Crippen LogP) is 5.69. The zero-order valence-corrected chi connectivity index (χ0v) is 17.8. The van der Waals surface area contributed by atoms with E-state index >= 15 is 0 Å². The molecule has 7 heteroatoms. The molecule has 1 aromatic carbocycles. The van der Waals surface area contributed by atoms with Crippen LogP contribution in [-0.2, 0) is 16.3 Å². The first-order chi connectivity index (χ1) is 13.1. The van der Waals surface area contributed by atoms with E-state index in [2.05, 4.69) is 18.8 Å². The fraction of sp³-hybridized carbons (Fsp3) is 0.381. The summed E-state index contributed by atoms with van der Waals surface area (Å²) in [5.74, 6) is 0.464. The van der Waals surface area contributed by atoms with Crippen LogP contribution in [-0.4, -0.2) is 24.2 Å². The normalized spacial score (nSPS) is 12.4. The van der Waals surface area contributed by atoms with E-state index in [0.717, 1.165) is 11.8 Å². The molecule has 154 valence electrons. The topological polar surface area (TPSA) is 52.0 Å². The number of hydrogen-bond donors (Lipinski definition) is 0. The molecule has 1 aromatic heterocycles. The summed E-state index contributed by atoms with van der Waals surface area (Å²) in [4.78, 5) is 4.19. The molecule has 0 N–H and O–H groups in total. The van der Waals surface area contributed by atoms with E-state index in [9.17, 15) is 17.2 Å². The smallest absolute Gasteiger partial charge is 0.281 e. The molecule has 0 saturated carbocycles. The molecule has 1 heterocycles. The van der Waals surface area contributed by atoms with Crippen LogP contribution in [0.2, 0.25) is 0 Å². The Bertz CT molecular complexity index is 912. The summed E-state index contributed by atoms with van der Waals surface area (Å²) in [6.07, 6.45) is 7.09. The molecule has 0 fully saturated rings. The summed E-state index contributed by atoms with van der Waals surface area (Å²) >= 11 is 0. The van der Waals surface area contributed by atoms with Gasteiger partial charge in [0, 0.05) is 24.6 Å². The van der Waals surface area contributed by atoms with Gasteiger partial charge in [0.2, 0.25) is 0 Å². The molecule has 0 bridgehead atoms. The second kappa shape index (κ2) is 10.9. The van der Waals surface area contributed by atoms with Crippen molar-refractivity contribution in [3.8, 4) is 5.69 Å². The van der Waals surface area contributed by atoms with E-state index < -0.39 is 16.3 Å². The number of rotatable bonds is 6. The van der Waals surface area contributed by atoms with Gasteiger partial charge in [0.15, 0.2) is 9.84 Å². The minimum absolute atomic E-state index is 0.177. The Balaban J connectivity index is 0.00000122. The third kappa shape index (κ3) is 7.03. The van der Waals surface area contributed by atoms with Crippen molar-refractivity contribution in [1.29, 1.82) is 0 Å². The summed E-state index contributed by atoms with van der Waals surface area (Å²) < 4.78 is 50.7. The van der Waals surface area contributed by atoms with E-state index in [0.29, 0.717) is 17.9 Å². The number of benzene rings is 1. The monoisotopic (exact) mass is 410 g/mol. The Labute approximate surface area is 166 Å². The fourth-order valence-electron chi connectivity index (χ4n) is 2.35. The first-order valence-electron chi connectivity index (χ1n) is 9.10. The van der Waals surface area contributed by atoms with Gasteiger partial charge in [-0.2, -0.15) is 0 Å². The van der Waals surface area contributed by atoms with Gasteiger partial charge in [-0.05, 0) is 38.1 Å². The molecular formula is C21H28F2N2O2S. The minimum Gasteiger partial charge on any atom is -0.303 e. The summed E-state index contributed by atoms with van der Waals surface area (Å²) in [5, 5.41) is 0. The Morgan fingerprint density at radius 2 is 1.79 bits per heavy atom. The summed E-state index contributed by atoms with van der Waals surface area (Å²) in [6.45, 7) is 8.07. The highest BCUT2D eigenvalue weighted by molar-refractivity contribution is 7.90. The zero-order valence-electron chi connectivity index (χ0n) is 17.0. The summed E-state index contributed by atoms with van der Waals surface area (Å²) in [7, 11) is -3.31. The van der Waals surface area contributed by atoms with Gasteiger partial charge in [-0.3, -0.25) is 0 Å². The molecule has 0 atom stereocenters. The Morgan fingerprint density at radius 1 is 1.21 bits per heavy atom. The fourth-order valence-corrected chi connectivity index (χ4v) is 2.98. The Kier molecular flexibility index (Phi) is 9.25. The molecule has 0 saturated heterocycles. The zero-order chi connectivity index (χ0) is 21.3. The second-order valence-electron chi connectivity index (χ2n) is 6.38. The van der Waals surface area contributed by atoms with Crippen molar-refractivity contribution in [3.05, 3.63) is 65.8 Å². The van der Waals surface area contributed by atoms with Gasteiger partial charge in [0.25, 0.3) is 6.43 Å². The molecule has 2 aromatic rings.